The van der Waals surface area contributed by atoms with Gasteiger partial charge in [-0.05, 0) is 36.0 Å². The molecule has 0 aliphatic carbocycles. The molecule has 0 N–H and O–H groups in total. The van der Waals surface area contributed by atoms with Crippen molar-refractivity contribution in [3.05, 3.63) is 0 Å². The van der Waals surface area contributed by atoms with Gasteiger partial charge in [0, 0.05) is 0 Å². The third-order valence-corrected chi connectivity index (χ3v) is 6.00. The molecule has 0 fully saturated rings. The van der Waals surface area contributed by atoms with Crippen molar-refractivity contribution < 1.29 is 0 Å². The van der Waals surface area contributed by atoms with E-state index in [2.05, 4.69) is 48.5 Å². The minimum Gasteiger partial charge on any atom is -0.0654 e. The zero-order chi connectivity index (χ0) is 15.5. The maximum absolute atomic E-state index is 2.55. The van der Waals surface area contributed by atoms with Crippen LogP contribution in [0.1, 0.15) is 99.8 Å². The van der Waals surface area contributed by atoms with E-state index in [4.69, 9.17) is 0 Å². The Bertz CT molecular complexity index is 204. The van der Waals surface area contributed by atoms with Crippen molar-refractivity contribution in [2.24, 2.45) is 29.6 Å². The van der Waals surface area contributed by atoms with E-state index in [1.54, 1.807) is 0 Å². The highest BCUT2D eigenvalue weighted by Gasteiger charge is 2.31. The van der Waals surface area contributed by atoms with Crippen molar-refractivity contribution in [2.45, 2.75) is 99.8 Å². The quantitative estimate of drug-likeness (QED) is 0.329. The highest BCUT2D eigenvalue weighted by molar-refractivity contribution is 4.81. The van der Waals surface area contributed by atoms with Gasteiger partial charge >= 0.3 is 0 Å². The molecule has 20 heavy (non-hydrogen) atoms. The summed E-state index contributed by atoms with van der Waals surface area (Å²) in [6.45, 7) is 16.9. The fourth-order valence-electron chi connectivity index (χ4n) is 4.31. The van der Waals surface area contributed by atoms with Crippen LogP contribution < -0.4 is 0 Å². The smallest absolute Gasteiger partial charge is 0.0355 e. The van der Waals surface area contributed by atoms with Crippen LogP contribution in [0.5, 0.6) is 0 Å². The molecule has 0 amide bonds. The Labute approximate surface area is 130 Å². The second kappa shape index (κ2) is 11.6. The molecule has 0 aromatic heterocycles. The van der Waals surface area contributed by atoms with Crippen LogP contribution in [0.3, 0.4) is 0 Å². The zero-order valence-corrected chi connectivity index (χ0v) is 15.5. The monoisotopic (exact) mass is 282 g/mol. The van der Waals surface area contributed by atoms with Crippen LogP contribution in [-0.4, -0.2) is 0 Å². The molecule has 0 aromatic rings. The predicted molar refractivity (Wildman–Crippen MR) is 94.1 cm³/mol. The lowest BCUT2D eigenvalue weighted by molar-refractivity contribution is 0.112. The number of rotatable bonds is 12. The Morgan fingerprint density at radius 2 is 1.25 bits per heavy atom. The molecule has 0 rings (SSSR count). The van der Waals surface area contributed by atoms with Crippen molar-refractivity contribution >= 4 is 0 Å². The Morgan fingerprint density at radius 3 is 1.65 bits per heavy atom. The van der Waals surface area contributed by atoms with E-state index in [1.807, 2.05) is 0 Å². The molecule has 0 nitrogen and oxygen atoms in total. The SMILES string of the molecule is CCCCCC(C(C)C(CC)CC)C(CC)C(C)CC. The second-order valence-corrected chi connectivity index (χ2v) is 7.05. The van der Waals surface area contributed by atoms with Gasteiger partial charge in [0.1, 0.15) is 0 Å². The zero-order valence-electron chi connectivity index (χ0n) is 15.5. The van der Waals surface area contributed by atoms with Crippen molar-refractivity contribution in [3.63, 3.8) is 0 Å². The average molecular weight is 283 g/mol. The molecular formula is C20H42. The van der Waals surface area contributed by atoms with Gasteiger partial charge in [-0.3, -0.25) is 0 Å². The van der Waals surface area contributed by atoms with Crippen LogP contribution in [0.2, 0.25) is 0 Å². The lowest BCUT2D eigenvalue weighted by Gasteiger charge is -2.38. The summed E-state index contributed by atoms with van der Waals surface area (Å²) < 4.78 is 0. The minimum absolute atomic E-state index is 0.892. The summed E-state index contributed by atoms with van der Waals surface area (Å²) in [5.74, 6) is 4.61. The third-order valence-electron chi connectivity index (χ3n) is 6.00. The van der Waals surface area contributed by atoms with Crippen molar-refractivity contribution in [1.29, 1.82) is 0 Å². The predicted octanol–water partition coefficient (Wildman–Crippen LogP) is 7.33. The highest BCUT2D eigenvalue weighted by Crippen LogP contribution is 2.40. The minimum atomic E-state index is 0.892. The van der Waals surface area contributed by atoms with E-state index >= 15 is 0 Å². The van der Waals surface area contributed by atoms with E-state index in [0.29, 0.717) is 0 Å². The first-order valence-corrected chi connectivity index (χ1v) is 9.56. The van der Waals surface area contributed by atoms with E-state index in [0.717, 1.165) is 29.6 Å². The van der Waals surface area contributed by atoms with Crippen molar-refractivity contribution in [1.82, 2.24) is 0 Å². The maximum Gasteiger partial charge on any atom is -0.0355 e. The Hall–Kier alpha value is 0. The fraction of sp³-hybridized carbons (Fsp3) is 1.00. The van der Waals surface area contributed by atoms with Gasteiger partial charge in [-0.15, -0.1) is 0 Å². The molecule has 122 valence electrons. The van der Waals surface area contributed by atoms with Crippen LogP contribution in [0.4, 0.5) is 0 Å². The van der Waals surface area contributed by atoms with Crippen molar-refractivity contribution in [2.75, 3.05) is 0 Å². The Balaban J connectivity index is 4.92. The standard InChI is InChI=1S/C20H42/c1-8-13-14-15-20(17(7)18(10-3)11-4)19(12-5)16(6)9-2/h16-20H,8-15H2,1-7H3. The Morgan fingerprint density at radius 1 is 0.650 bits per heavy atom. The fourth-order valence-corrected chi connectivity index (χ4v) is 4.31. The molecule has 0 heteroatoms. The van der Waals surface area contributed by atoms with Gasteiger partial charge < -0.3 is 0 Å². The average Bonchev–Trinajstić information content (AvgIpc) is 2.47. The summed E-state index contributed by atoms with van der Waals surface area (Å²) in [5.41, 5.74) is 0. The van der Waals surface area contributed by atoms with E-state index < -0.39 is 0 Å². The van der Waals surface area contributed by atoms with E-state index in [-0.39, 0.29) is 0 Å². The maximum atomic E-state index is 2.55. The summed E-state index contributed by atoms with van der Waals surface area (Å²) in [5, 5.41) is 0. The summed E-state index contributed by atoms with van der Waals surface area (Å²) in [6.07, 6.45) is 11.1. The van der Waals surface area contributed by atoms with Gasteiger partial charge in [0.2, 0.25) is 0 Å². The van der Waals surface area contributed by atoms with Gasteiger partial charge in [-0.25, -0.2) is 0 Å². The topological polar surface area (TPSA) is 0 Å². The molecule has 0 radical (unpaired) electrons. The van der Waals surface area contributed by atoms with Crippen LogP contribution in [0.15, 0.2) is 0 Å². The molecule has 0 bridgehead atoms. The van der Waals surface area contributed by atoms with Crippen LogP contribution in [-0.2, 0) is 0 Å². The summed E-state index contributed by atoms with van der Waals surface area (Å²) in [6, 6.07) is 0. The number of unbranched alkanes of at least 4 members (excludes halogenated alkanes) is 2. The van der Waals surface area contributed by atoms with Crippen LogP contribution in [0.25, 0.3) is 0 Å². The third kappa shape index (κ3) is 6.19. The molecule has 0 aliphatic heterocycles. The molecule has 0 saturated carbocycles. The van der Waals surface area contributed by atoms with Gasteiger partial charge in [0.05, 0.1) is 0 Å². The van der Waals surface area contributed by atoms with Crippen molar-refractivity contribution in [3.8, 4) is 0 Å². The first kappa shape index (κ1) is 20.0. The van der Waals surface area contributed by atoms with Crippen LogP contribution in [0, 0.1) is 29.6 Å². The largest absolute Gasteiger partial charge is 0.0654 e. The summed E-state index contributed by atoms with van der Waals surface area (Å²) in [7, 11) is 0. The van der Waals surface area contributed by atoms with Gasteiger partial charge in [-0.2, -0.15) is 0 Å². The second-order valence-electron chi connectivity index (χ2n) is 7.05. The summed E-state index contributed by atoms with van der Waals surface area (Å²) >= 11 is 0. The van der Waals surface area contributed by atoms with Crippen LogP contribution >= 0.6 is 0 Å². The van der Waals surface area contributed by atoms with E-state index in [1.165, 1.54) is 51.4 Å². The first-order chi connectivity index (χ1) is 9.56. The Kier molecular flexibility index (Phi) is 11.6. The lowest BCUT2D eigenvalue weighted by atomic mass is 9.67. The molecule has 0 aliphatic rings. The van der Waals surface area contributed by atoms with Gasteiger partial charge in [0.15, 0.2) is 0 Å². The number of hydrogen-bond donors (Lipinski definition) is 0. The molecule has 0 saturated heterocycles. The highest BCUT2D eigenvalue weighted by atomic mass is 14.4. The normalized spacial score (nSPS) is 18.0. The molecule has 0 spiro atoms. The molecular weight excluding hydrogens is 240 g/mol. The van der Waals surface area contributed by atoms with Gasteiger partial charge in [-0.1, -0.05) is 93.4 Å². The first-order valence-electron chi connectivity index (χ1n) is 9.56. The molecule has 0 heterocycles. The van der Waals surface area contributed by atoms with E-state index in [9.17, 15) is 0 Å². The lowest BCUT2D eigenvalue weighted by Crippen LogP contribution is -2.30. The number of hydrogen-bond acceptors (Lipinski definition) is 0. The molecule has 4 atom stereocenters. The van der Waals surface area contributed by atoms with Gasteiger partial charge in [0.25, 0.3) is 0 Å². The molecule has 4 unspecified atom stereocenters. The molecule has 0 aromatic carbocycles. The summed E-state index contributed by atoms with van der Waals surface area (Å²) in [4.78, 5) is 0.